The summed E-state index contributed by atoms with van der Waals surface area (Å²) >= 11 is 0.837. The van der Waals surface area contributed by atoms with E-state index in [1.54, 1.807) is 36.4 Å². The Balaban J connectivity index is 0.958. The Morgan fingerprint density at radius 3 is 2.27 bits per heavy atom. The normalized spacial score (nSPS) is 12.1. The number of nitrogens with zero attached hydrogens (tertiary/aromatic N) is 3. The average Bonchev–Trinajstić information content (AvgIpc) is 3.30. The summed E-state index contributed by atoms with van der Waals surface area (Å²) in [6.45, 7) is 6.06. The molecule has 1 aromatic heterocycles. The molecule has 4 N–H and O–H groups in total. The number of ether oxygens (including phenoxy) is 3. The lowest BCUT2D eigenvalue weighted by Gasteiger charge is -2.21. The minimum absolute atomic E-state index is 0.0876. The van der Waals surface area contributed by atoms with Crippen LogP contribution >= 0.6 is 12.0 Å². The van der Waals surface area contributed by atoms with E-state index in [2.05, 4.69) is 41.8 Å². The second-order valence-electron chi connectivity index (χ2n) is 14.8. The highest BCUT2D eigenvalue weighted by atomic mass is 32.2. The maximum absolute atomic E-state index is 12.6. The van der Waals surface area contributed by atoms with Crippen LogP contribution in [0.2, 0.25) is 0 Å². The molecule has 1 aliphatic rings. The number of nitrogens with one attached hydrogen (secondary N) is 2. The van der Waals surface area contributed by atoms with Crippen LogP contribution in [-0.2, 0) is 44.8 Å². The average molecular weight is 898 g/mol. The number of rotatable bonds is 29. The number of amides is 2. The van der Waals surface area contributed by atoms with Gasteiger partial charge in [-0.05, 0) is 111 Å². The molecule has 0 aliphatic heterocycles. The standard InChI is InChI=1S/C47H55N5O11S/c1-2-12-37-35-14-8-15-39(53)36(35)21-23-42(37)60-29-7-3-6-28-59-40-16-9-17-41(38(40)22-25-46(55)56)61-30-10-19-45(54)48-26-11-27-49-47(57)34-20-24-44(50-31-34)52-51-32-33-13-4-5-18-43(33)64-63-62-58/h2,4-5,9,13,16-18,20-21,23-24,31,58H,1,3,6-8,10-12,14-15,19,22,25-30,32H2,(H,48,54)(H,49,57)(H,55,56). The molecular weight excluding hydrogens is 843 g/mol. The van der Waals surface area contributed by atoms with Crippen LogP contribution in [0.4, 0.5) is 5.82 Å². The third-order valence-electron chi connectivity index (χ3n) is 10.2. The molecule has 0 saturated carbocycles. The summed E-state index contributed by atoms with van der Waals surface area (Å²) in [4.78, 5) is 53.8. The van der Waals surface area contributed by atoms with E-state index in [0.29, 0.717) is 85.3 Å². The molecule has 17 heteroatoms. The number of Topliss-reactive ketones (excluding diaryl/α,β-unsaturated/α-hetero) is 1. The van der Waals surface area contributed by atoms with Gasteiger partial charge >= 0.3 is 5.97 Å². The second-order valence-corrected chi connectivity index (χ2v) is 15.5. The minimum atomic E-state index is -0.928. The van der Waals surface area contributed by atoms with Gasteiger partial charge in [0.1, 0.15) is 17.2 Å². The van der Waals surface area contributed by atoms with Crippen LogP contribution in [0.1, 0.15) is 101 Å². The van der Waals surface area contributed by atoms with Crippen molar-refractivity contribution >= 4 is 41.4 Å². The summed E-state index contributed by atoms with van der Waals surface area (Å²) in [5, 5.41) is 35.4. The van der Waals surface area contributed by atoms with Gasteiger partial charge in [0.05, 0.1) is 44.0 Å². The highest BCUT2D eigenvalue weighted by Gasteiger charge is 2.22. The number of allylic oxidation sites excluding steroid dienone is 1. The number of benzene rings is 3. The number of ketones is 1. The van der Waals surface area contributed by atoms with E-state index in [9.17, 15) is 24.3 Å². The Morgan fingerprint density at radius 1 is 0.812 bits per heavy atom. The zero-order valence-electron chi connectivity index (χ0n) is 35.8. The van der Waals surface area contributed by atoms with Gasteiger partial charge in [0.2, 0.25) is 5.91 Å². The van der Waals surface area contributed by atoms with Crippen LogP contribution in [0.3, 0.4) is 0 Å². The molecule has 1 heterocycles. The van der Waals surface area contributed by atoms with E-state index in [-0.39, 0.29) is 50.0 Å². The highest BCUT2D eigenvalue weighted by molar-refractivity contribution is 7.94. The maximum Gasteiger partial charge on any atom is 0.303 e. The largest absolute Gasteiger partial charge is 0.493 e. The van der Waals surface area contributed by atoms with Crippen molar-refractivity contribution in [1.82, 2.24) is 15.6 Å². The van der Waals surface area contributed by atoms with Crippen LogP contribution in [0.25, 0.3) is 0 Å². The molecule has 64 heavy (non-hydrogen) atoms. The lowest BCUT2D eigenvalue weighted by atomic mass is 9.86. The van der Waals surface area contributed by atoms with Gasteiger partial charge in [0.25, 0.3) is 5.91 Å². The van der Waals surface area contributed by atoms with E-state index in [4.69, 9.17) is 19.5 Å². The summed E-state index contributed by atoms with van der Waals surface area (Å²) < 4.78 is 22.8. The van der Waals surface area contributed by atoms with E-state index >= 15 is 0 Å². The van der Waals surface area contributed by atoms with Crippen LogP contribution in [0, 0.1) is 0 Å². The van der Waals surface area contributed by atoms with Gasteiger partial charge in [-0.3, -0.25) is 19.2 Å². The zero-order valence-corrected chi connectivity index (χ0v) is 36.6. The Kier molecular flexibility index (Phi) is 20.7. The number of fused-ring (bicyclic) bond motifs is 1. The Hall–Kier alpha value is -6.14. The number of carbonyl (C=O) groups excluding carboxylic acids is 3. The molecular formula is C47H55N5O11S. The third-order valence-corrected chi connectivity index (χ3v) is 10.9. The van der Waals surface area contributed by atoms with Crippen molar-refractivity contribution in [3.05, 3.63) is 119 Å². The predicted molar refractivity (Wildman–Crippen MR) is 239 cm³/mol. The SMILES string of the molecule is C=CCc1c(OCCCCCOc2cccc(OCCCC(=O)NCCCNC(=O)c3ccc(N=NCc4ccccc4SOOO)nc3)c2CCC(=O)O)ccc2c1CCCC2=O. The first-order valence-electron chi connectivity index (χ1n) is 21.4. The first-order valence-corrected chi connectivity index (χ1v) is 22.1. The van der Waals surface area contributed by atoms with Crippen molar-refractivity contribution in [2.75, 3.05) is 32.9 Å². The number of hydrogen-bond acceptors (Lipinski definition) is 14. The molecule has 4 aromatic rings. The van der Waals surface area contributed by atoms with E-state index in [0.717, 1.165) is 72.2 Å². The Bertz CT molecular complexity index is 2200. The molecule has 5 rings (SSSR count). The fraction of sp³-hybridized carbons (Fsp3) is 0.383. The van der Waals surface area contributed by atoms with Crippen molar-refractivity contribution in [1.29, 1.82) is 0 Å². The highest BCUT2D eigenvalue weighted by Crippen LogP contribution is 2.33. The number of carbonyl (C=O) groups is 4. The monoisotopic (exact) mass is 897 g/mol. The van der Waals surface area contributed by atoms with Gasteiger partial charge in [0, 0.05) is 60.1 Å². The second kappa shape index (κ2) is 27.1. The number of azo groups is 1. The van der Waals surface area contributed by atoms with Gasteiger partial charge < -0.3 is 30.0 Å². The van der Waals surface area contributed by atoms with Gasteiger partial charge in [-0.15, -0.1) is 16.0 Å². The molecule has 3 aromatic carbocycles. The summed E-state index contributed by atoms with van der Waals surface area (Å²) in [6, 6.07) is 19.6. The van der Waals surface area contributed by atoms with Crippen molar-refractivity contribution in [2.45, 2.75) is 88.5 Å². The molecule has 0 spiro atoms. The number of unbranched alkanes of at least 4 members (excludes halogenated alkanes) is 2. The van der Waals surface area contributed by atoms with Crippen molar-refractivity contribution in [3.8, 4) is 17.2 Å². The molecule has 16 nitrogen and oxygen atoms in total. The number of carboxylic acid groups (broad SMARTS) is 1. The maximum atomic E-state index is 12.6. The van der Waals surface area contributed by atoms with E-state index in [1.165, 1.54) is 6.20 Å². The smallest absolute Gasteiger partial charge is 0.303 e. The molecule has 0 bridgehead atoms. The predicted octanol–water partition coefficient (Wildman–Crippen LogP) is 8.78. The van der Waals surface area contributed by atoms with Crippen LogP contribution < -0.4 is 24.8 Å². The Labute approximate surface area is 376 Å². The molecule has 0 atom stereocenters. The first kappa shape index (κ1) is 48.9. The fourth-order valence-electron chi connectivity index (χ4n) is 6.98. The molecule has 340 valence electrons. The quantitative estimate of drug-likeness (QED) is 0.0100. The van der Waals surface area contributed by atoms with Gasteiger partial charge in [0.15, 0.2) is 11.6 Å². The number of carboxylic acids is 1. The van der Waals surface area contributed by atoms with Crippen molar-refractivity contribution < 1.29 is 53.1 Å². The van der Waals surface area contributed by atoms with Gasteiger partial charge in [-0.1, -0.05) is 35.4 Å². The number of aliphatic carboxylic acids is 1. The summed E-state index contributed by atoms with van der Waals surface area (Å²) in [6.07, 6.45) is 10.0. The molecule has 0 saturated heterocycles. The van der Waals surface area contributed by atoms with Crippen LogP contribution in [-0.4, -0.2) is 71.8 Å². The topological polar surface area (TPSA) is 217 Å². The summed E-state index contributed by atoms with van der Waals surface area (Å²) in [7, 11) is 0. The minimum Gasteiger partial charge on any atom is -0.493 e. The summed E-state index contributed by atoms with van der Waals surface area (Å²) in [5.41, 5.74) is 4.78. The molecule has 0 fully saturated rings. The lowest BCUT2D eigenvalue weighted by molar-refractivity contribution is -0.432. The van der Waals surface area contributed by atoms with E-state index in [1.807, 2.05) is 36.4 Å². The summed E-state index contributed by atoms with van der Waals surface area (Å²) in [5.74, 6) is 1.04. The third kappa shape index (κ3) is 15.9. The van der Waals surface area contributed by atoms with Crippen LogP contribution in [0.5, 0.6) is 17.2 Å². The molecule has 0 radical (unpaired) electrons. The molecule has 1 aliphatic carbocycles. The molecule has 2 amide bonds. The van der Waals surface area contributed by atoms with Gasteiger partial charge in [-0.25, -0.2) is 10.2 Å². The van der Waals surface area contributed by atoms with Gasteiger partial charge in [-0.2, -0.15) is 5.11 Å². The number of hydrogen-bond donors (Lipinski definition) is 4. The molecule has 0 unspecified atom stereocenters. The first-order chi connectivity index (χ1) is 31.3. The number of pyridine rings is 1. The van der Waals surface area contributed by atoms with Crippen molar-refractivity contribution in [3.63, 3.8) is 0 Å². The van der Waals surface area contributed by atoms with Crippen LogP contribution in [0.15, 0.2) is 101 Å². The van der Waals surface area contributed by atoms with Crippen molar-refractivity contribution in [2.24, 2.45) is 10.2 Å². The fourth-order valence-corrected chi connectivity index (χ4v) is 7.45. The Morgan fingerprint density at radius 2 is 1.55 bits per heavy atom. The lowest BCUT2D eigenvalue weighted by Crippen LogP contribution is -2.30. The van der Waals surface area contributed by atoms with E-state index < -0.39 is 5.97 Å². The zero-order chi connectivity index (χ0) is 45.4. The number of aromatic nitrogens is 1.